The molecule has 6 heteroatoms. The molecule has 68 valence electrons. The van der Waals surface area contributed by atoms with Crippen LogP contribution in [0.4, 0.5) is 13.2 Å². The highest BCUT2D eigenvalue weighted by Gasteiger charge is 2.35. The third-order valence-corrected chi connectivity index (χ3v) is 1.26. The fraction of sp³-hybridized carbons (Fsp3) is 0.500. The number of hydrogen-bond acceptors (Lipinski definition) is 3. The summed E-state index contributed by atoms with van der Waals surface area (Å²) in [5, 5.41) is 10.8. The fourth-order valence-corrected chi connectivity index (χ4v) is 0.819. The monoisotopic (exact) mass is 180 g/mol. The van der Waals surface area contributed by atoms with Crippen LogP contribution in [-0.2, 0) is 0 Å². The highest BCUT2D eigenvalue weighted by Crippen LogP contribution is 2.25. The second kappa shape index (κ2) is 2.78. The SMILES string of the molecule is CC1=NC(O)C=C(C(F)(F)F)N1. The zero-order chi connectivity index (χ0) is 9.35. The topological polar surface area (TPSA) is 44.6 Å². The van der Waals surface area contributed by atoms with E-state index in [1.165, 1.54) is 6.92 Å². The van der Waals surface area contributed by atoms with E-state index in [1.54, 1.807) is 0 Å². The predicted molar refractivity (Wildman–Crippen MR) is 36.4 cm³/mol. The van der Waals surface area contributed by atoms with Crippen molar-refractivity contribution in [3.05, 3.63) is 11.8 Å². The van der Waals surface area contributed by atoms with Crippen LogP contribution >= 0.6 is 0 Å². The molecule has 0 aromatic heterocycles. The summed E-state index contributed by atoms with van der Waals surface area (Å²) in [4.78, 5) is 3.43. The molecule has 1 atom stereocenters. The predicted octanol–water partition coefficient (Wildman–Crippen LogP) is 0.773. The number of amidine groups is 1. The molecule has 1 unspecified atom stereocenters. The molecule has 0 radical (unpaired) electrons. The molecule has 2 N–H and O–H groups in total. The van der Waals surface area contributed by atoms with E-state index in [4.69, 9.17) is 5.11 Å². The van der Waals surface area contributed by atoms with E-state index >= 15 is 0 Å². The molecule has 12 heavy (non-hydrogen) atoms. The maximum Gasteiger partial charge on any atom is 0.431 e. The first-order valence-electron chi connectivity index (χ1n) is 3.18. The molecule has 0 saturated carbocycles. The molecule has 0 aromatic rings. The van der Waals surface area contributed by atoms with Crippen LogP contribution in [0.25, 0.3) is 0 Å². The lowest BCUT2D eigenvalue weighted by atomic mass is 10.3. The number of allylic oxidation sites excluding steroid dienone is 1. The Kier molecular flexibility index (Phi) is 2.10. The highest BCUT2D eigenvalue weighted by atomic mass is 19.4. The molecule has 0 amide bonds. The van der Waals surface area contributed by atoms with Gasteiger partial charge in [0.2, 0.25) is 0 Å². The van der Waals surface area contributed by atoms with Gasteiger partial charge in [-0.2, -0.15) is 13.2 Å². The highest BCUT2D eigenvalue weighted by molar-refractivity contribution is 5.82. The molecule has 1 aliphatic heterocycles. The van der Waals surface area contributed by atoms with Crippen molar-refractivity contribution in [2.24, 2.45) is 4.99 Å². The van der Waals surface area contributed by atoms with Crippen molar-refractivity contribution >= 4 is 5.84 Å². The summed E-state index contributed by atoms with van der Waals surface area (Å²) in [7, 11) is 0. The number of nitrogens with one attached hydrogen (secondary N) is 1. The minimum atomic E-state index is -4.46. The molecular formula is C6H7F3N2O. The number of hydrogen-bond donors (Lipinski definition) is 2. The van der Waals surface area contributed by atoms with E-state index in [9.17, 15) is 13.2 Å². The Labute approximate surface area is 66.6 Å². The van der Waals surface area contributed by atoms with Gasteiger partial charge in [-0.15, -0.1) is 0 Å². The van der Waals surface area contributed by atoms with Gasteiger partial charge in [-0.05, 0) is 13.0 Å². The molecule has 0 saturated heterocycles. The second-order valence-corrected chi connectivity index (χ2v) is 2.33. The molecule has 3 nitrogen and oxygen atoms in total. The Morgan fingerprint density at radius 1 is 1.58 bits per heavy atom. The van der Waals surface area contributed by atoms with E-state index < -0.39 is 18.1 Å². The minimum Gasteiger partial charge on any atom is -0.368 e. The first-order chi connectivity index (χ1) is 5.39. The van der Waals surface area contributed by atoms with Gasteiger partial charge in [-0.25, -0.2) is 4.99 Å². The van der Waals surface area contributed by atoms with E-state index in [0.29, 0.717) is 6.08 Å². The third kappa shape index (κ3) is 1.97. The summed E-state index contributed by atoms with van der Waals surface area (Å²) in [6.07, 6.45) is -5.24. The molecule has 0 aromatic carbocycles. The second-order valence-electron chi connectivity index (χ2n) is 2.33. The van der Waals surface area contributed by atoms with Crippen molar-refractivity contribution in [1.29, 1.82) is 0 Å². The molecule has 1 aliphatic rings. The van der Waals surface area contributed by atoms with Crippen LogP contribution in [0.1, 0.15) is 6.92 Å². The van der Waals surface area contributed by atoms with Gasteiger partial charge in [0.15, 0.2) is 6.23 Å². The van der Waals surface area contributed by atoms with Crippen molar-refractivity contribution in [3.8, 4) is 0 Å². The van der Waals surface area contributed by atoms with Crippen LogP contribution in [0.15, 0.2) is 16.8 Å². The van der Waals surface area contributed by atoms with Gasteiger partial charge in [-0.3, -0.25) is 0 Å². The van der Waals surface area contributed by atoms with E-state index in [2.05, 4.69) is 4.99 Å². The van der Waals surface area contributed by atoms with Gasteiger partial charge in [0.05, 0.1) is 0 Å². The van der Waals surface area contributed by atoms with Crippen LogP contribution in [0, 0.1) is 0 Å². The van der Waals surface area contributed by atoms with Crippen molar-refractivity contribution in [2.45, 2.75) is 19.3 Å². The number of aliphatic imine (C=N–C) groups is 1. The Hall–Kier alpha value is -1.04. The molecule has 0 aliphatic carbocycles. The molecular weight excluding hydrogens is 173 g/mol. The number of halogens is 3. The average molecular weight is 180 g/mol. The summed E-state index contributed by atoms with van der Waals surface area (Å²) in [5.74, 6) is 0.0531. The average Bonchev–Trinajstić information content (AvgIpc) is 1.82. The van der Waals surface area contributed by atoms with Gasteiger partial charge < -0.3 is 10.4 Å². The zero-order valence-electron chi connectivity index (χ0n) is 6.18. The Morgan fingerprint density at radius 2 is 2.17 bits per heavy atom. The molecule has 0 fully saturated rings. The number of aliphatic hydroxyl groups is 1. The van der Waals surface area contributed by atoms with E-state index in [-0.39, 0.29) is 5.84 Å². The van der Waals surface area contributed by atoms with Crippen LogP contribution in [-0.4, -0.2) is 23.3 Å². The van der Waals surface area contributed by atoms with Crippen molar-refractivity contribution in [1.82, 2.24) is 5.32 Å². The van der Waals surface area contributed by atoms with Crippen molar-refractivity contribution in [3.63, 3.8) is 0 Å². The van der Waals surface area contributed by atoms with Gasteiger partial charge in [0, 0.05) is 0 Å². The summed E-state index contributed by atoms with van der Waals surface area (Å²) in [6, 6.07) is 0. The number of nitrogens with zero attached hydrogens (tertiary/aromatic N) is 1. The number of rotatable bonds is 0. The van der Waals surface area contributed by atoms with Crippen molar-refractivity contribution < 1.29 is 18.3 Å². The van der Waals surface area contributed by atoms with Crippen LogP contribution < -0.4 is 5.32 Å². The van der Waals surface area contributed by atoms with Gasteiger partial charge >= 0.3 is 6.18 Å². The third-order valence-electron chi connectivity index (χ3n) is 1.26. The fourth-order valence-electron chi connectivity index (χ4n) is 0.819. The Balaban J connectivity index is 2.83. The van der Waals surface area contributed by atoms with Gasteiger partial charge in [0.1, 0.15) is 11.5 Å². The number of alkyl halides is 3. The standard InChI is InChI=1S/C6H7F3N2O/c1-3-10-4(6(7,8)9)2-5(12)11-3/h2,5,12H,1H3,(H,10,11). The molecule has 1 rings (SSSR count). The van der Waals surface area contributed by atoms with Gasteiger partial charge in [0.25, 0.3) is 0 Å². The lowest BCUT2D eigenvalue weighted by Crippen LogP contribution is -2.34. The first-order valence-corrected chi connectivity index (χ1v) is 3.18. The number of aliphatic hydroxyl groups excluding tert-OH is 1. The lowest BCUT2D eigenvalue weighted by Gasteiger charge is -2.19. The largest absolute Gasteiger partial charge is 0.431 e. The van der Waals surface area contributed by atoms with Crippen LogP contribution in [0.3, 0.4) is 0 Å². The quantitative estimate of drug-likeness (QED) is 0.578. The molecule has 0 bridgehead atoms. The summed E-state index contributed by atoms with van der Waals surface area (Å²) >= 11 is 0. The smallest absolute Gasteiger partial charge is 0.368 e. The lowest BCUT2D eigenvalue weighted by molar-refractivity contribution is -0.0962. The summed E-state index contributed by atoms with van der Waals surface area (Å²) in [5.41, 5.74) is -0.970. The first kappa shape index (κ1) is 9.05. The molecule has 0 spiro atoms. The maximum atomic E-state index is 12.0. The van der Waals surface area contributed by atoms with Crippen molar-refractivity contribution in [2.75, 3.05) is 0 Å². The Morgan fingerprint density at radius 3 is 2.58 bits per heavy atom. The Bertz CT molecular complexity index is 244. The van der Waals surface area contributed by atoms with E-state index in [1.807, 2.05) is 5.32 Å². The normalized spacial score (nSPS) is 24.2. The van der Waals surface area contributed by atoms with Crippen LogP contribution in [0.5, 0.6) is 0 Å². The summed E-state index contributed by atoms with van der Waals surface area (Å²) in [6.45, 7) is 1.35. The summed E-state index contributed by atoms with van der Waals surface area (Å²) < 4.78 is 36.0. The van der Waals surface area contributed by atoms with Crippen LogP contribution in [0.2, 0.25) is 0 Å². The molecule has 1 heterocycles. The minimum absolute atomic E-state index is 0.0531. The van der Waals surface area contributed by atoms with E-state index in [0.717, 1.165) is 0 Å². The van der Waals surface area contributed by atoms with Gasteiger partial charge in [-0.1, -0.05) is 0 Å². The zero-order valence-corrected chi connectivity index (χ0v) is 6.18. The maximum absolute atomic E-state index is 12.0.